The lowest BCUT2D eigenvalue weighted by atomic mass is 9.99. The van der Waals surface area contributed by atoms with Crippen LogP contribution in [0.2, 0.25) is 0 Å². The van der Waals surface area contributed by atoms with Crippen molar-refractivity contribution >= 4 is 5.97 Å². The zero-order chi connectivity index (χ0) is 16.3. The molecule has 1 aromatic rings. The van der Waals surface area contributed by atoms with Crippen LogP contribution in [0.3, 0.4) is 0 Å². The molecular weight excluding hydrogens is 286 g/mol. The molecule has 3 heteroatoms. The normalized spacial score (nSPS) is 16.9. The summed E-state index contributed by atoms with van der Waals surface area (Å²) in [5.41, 5.74) is 1.23. The number of hydrogen-bond acceptors (Lipinski definition) is 3. The highest BCUT2D eigenvalue weighted by atomic mass is 16.5. The number of benzene rings is 1. The zero-order valence-corrected chi connectivity index (χ0v) is 14.5. The molecule has 1 aromatic carbocycles. The van der Waals surface area contributed by atoms with E-state index in [-0.39, 0.29) is 12.0 Å². The van der Waals surface area contributed by atoms with Crippen molar-refractivity contribution in [3.63, 3.8) is 0 Å². The van der Waals surface area contributed by atoms with Gasteiger partial charge in [-0.25, -0.2) is 0 Å². The largest absolute Gasteiger partial charge is 0.466 e. The van der Waals surface area contributed by atoms with Crippen LogP contribution in [0.1, 0.15) is 69.9 Å². The Kier molecular flexibility index (Phi) is 8.16. The third-order valence-electron chi connectivity index (χ3n) is 4.64. The molecule has 0 amide bonds. The van der Waals surface area contributed by atoms with Crippen molar-refractivity contribution in [1.29, 1.82) is 0 Å². The predicted octanol–water partition coefficient (Wildman–Crippen LogP) is 4.73. The van der Waals surface area contributed by atoms with Crippen LogP contribution in [0.4, 0.5) is 0 Å². The number of piperidine rings is 1. The van der Waals surface area contributed by atoms with Crippen LogP contribution in [0.5, 0.6) is 0 Å². The van der Waals surface area contributed by atoms with Crippen LogP contribution in [0.25, 0.3) is 0 Å². The molecule has 0 aromatic heterocycles. The molecule has 0 aliphatic carbocycles. The highest BCUT2D eigenvalue weighted by molar-refractivity contribution is 5.70. The van der Waals surface area contributed by atoms with E-state index in [1.807, 2.05) is 6.07 Å². The molecule has 1 fully saturated rings. The van der Waals surface area contributed by atoms with Crippen molar-refractivity contribution in [3.05, 3.63) is 35.9 Å². The first-order chi connectivity index (χ1) is 11.3. The highest BCUT2D eigenvalue weighted by Gasteiger charge is 2.25. The Morgan fingerprint density at radius 3 is 2.52 bits per heavy atom. The first-order valence-electron chi connectivity index (χ1n) is 9.26. The maximum atomic E-state index is 12.3. The fourth-order valence-electron chi connectivity index (χ4n) is 3.29. The molecule has 1 unspecified atom stereocenters. The summed E-state index contributed by atoms with van der Waals surface area (Å²) in [4.78, 5) is 14.7. The number of ether oxygens (including phenoxy) is 1. The molecule has 23 heavy (non-hydrogen) atoms. The first kappa shape index (κ1) is 18.0. The van der Waals surface area contributed by atoms with Crippen molar-refractivity contribution in [2.24, 2.45) is 0 Å². The second-order valence-electron chi connectivity index (χ2n) is 6.51. The average Bonchev–Trinajstić information content (AvgIpc) is 2.61. The molecule has 0 radical (unpaired) electrons. The summed E-state index contributed by atoms with van der Waals surface area (Å²) in [6.07, 6.45) is 8.80. The summed E-state index contributed by atoms with van der Waals surface area (Å²) in [6.45, 7) is 4.93. The molecule has 0 spiro atoms. The Balaban J connectivity index is 1.88. The number of esters is 1. The first-order valence-corrected chi connectivity index (χ1v) is 9.26. The molecule has 128 valence electrons. The third kappa shape index (κ3) is 6.34. The lowest BCUT2D eigenvalue weighted by Crippen LogP contribution is -2.35. The van der Waals surface area contributed by atoms with Crippen LogP contribution in [-0.2, 0) is 9.53 Å². The summed E-state index contributed by atoms with van der Waals surface area (Å²) in [5.74, 6) is -0.0547. The van der Waals surface area contributed by atoms with E-state index < -0.39 is 0 Å². The minimum absolute atomic E-state index is 0.0547. The van der Waals surface area contributed by atoms with Gasteiger partial charge in [-0.2, -0.15) is 0 Å². The van der Waals surface area contributed by atoms with E-state index in [1.165, 1.54) is 37.7 Å². The molecule has 2 rings (SSSR count). The van der Waals surface area contributed by atoms with Gasteiger partial charge in [0.1, 0.15) is 0 Å². The third-order valence-corrected chi connectivity index (χ3v) is 4.64. The molecule has 0 N–H and O–H groups in total. The highest BCUT2D eigenvalue weighted by Crippen LogP contribution is 2.27. The van der Waals surface area contributed by atoms with Gasteiger partial charge in [-0.3, -0.25) is 9.69 Å². The molecule has 1 aliphatic rings. The van der Waals surface area contributed by atoms with E-state index in [4.69, 9.17) is 4.74 Å². The Bertz CT molecular complexity index is 440. The van der Waals surface area contributed by atoms with E-state index in [0.717, 1.165) is 25.9 Å². The maximum Gasteiger partial charge on any atom is 0.307 e. The second-order valence-corrected chi connectivity index (χ2v) is 6.51. The summed E-state index contributed by atoms with van der Waals surface area (Å²) in [5, 5.41) is 0. The molecule has 1 heterocycles. The summed E-state index contributed by atoms with van der Waals surface area (Å²) in [7, 11) is 0. The van der Waals surface area contributed by atoms with E-state index in [2.05, 4.69) is 36.1 Å². The van der Waals surface area contributed by atoms with Crippen molar-refractivity contribution in [1.82, 2.24) is 4.90 Å². The van der Waals surface area contributed by atoms with Gasteiger partial charge < -0.3 is 4.74 Å². The fraction of sp³-hybridized carbons (Fsp3) is 0.650. The smallest absolute Gasteiger partial charge is 0.307 e. The summed E-state index contributed by atoms with van der Waals surface area (Å²) >= 11 is 0. The van der Waals surface area contributed by atoms with E-state index >= 15 is 0 Å². The van der Waals surface area contributed by atoms with Crippen LogP contribution >= 0.6 is 0 Å². The van der Waals surface area contributed by atoms with Gasteiger partial charge in [0, 0.05) is 6.04 Å². The van der Waals surface area contributed by atoms with Crippen molar-refractivity contribution in [3.8, 4) is 0 Å². The Morgan fingerprint density at radius 1 is 1.09 bits per heavy atom. The number of likely N-dealkylation sites (tertiary alicyclic amines) is 1. The zero-order valence-electron chi connectivity index (χ0n) is 14.5. The topological polar surface area (TPSA) is 29.5 Å². The Hall–Kier alpha value is -1.35. The van der Waals surface area contributed by atoms with E-state index in [9.17, 15) is 4.79 Å². The number of hydrogen-bond donors (Lipinski definition) is 0. The van der Waals surface area contributed by atoms with Gasteiger partial charge in [0.05, 0.1) is 13.0 Å². The van der Waals surface area contributed by atoms with Crippen molar-refractivity contribution in [2.75, 3.05) is 19.7 Å². The van der Waals surface area contributed by atoms with Crippen molar-refractivity contribution < 1.29 is 9.53 Å². The number of carbonyl (C=O) groups is 1. The van der Waals surface area contributed by atoms with Crippen molar-refractivity contribution in [2.45, 2.75) is 64.3 Å². The van der Waals surface area contributed by atoms with Gasteiger partial charge in [-0.05, 0) is 37.9 Å². The Morgan fingerprint density at radius 2 is 1.83 bits per heavy atom. The van der Waals surface area contributed by atoms with Gasteiger partial charge in [0.15, 0.2) is 0 Å². The van der Waals surface area contributed by atoms with E-state index in [0.29, 0.717) is 13.0 Å². The van der Waals surface area contributed by atoms with Gasteiger partial charge >= 0.3 is 5.97 Å². The predicted molar refractivity (Wildman–Crippen MR) is 94.3 cm³/mol. The molecule has 1 aliphatic heterocycles. The molecular formula is C20H31NO2. The quantitative estimate of drug-likeness (QED) is 0.487. The van der Waals surface area contributed by atoms with Crippen LogP contribution in [-0.4, -0.2) is 30.6 Å². The SMILES string of the molecule is CCCCCCOC(=O)CC(c1ccccc1)N1CCCCC1. The lowest BCUT2D eigenvalue weighted by Gasteiger charge is -2.34. The molecule has 1 atom stereocenters. The number of carbonyl (C=O) groups excluding carboxylic acids is 1. The molecule has 0 saturated carbocycles. The van der Waals surface area contributed by atoms with Crippen LogP contribution < -0.4 is 0 Å². The molecule has 3 nitrogen and oxygen atoms in total. The van der Waals surface area contributed by atoms with Gasteiger partial charge in [0.2, 0.25) is 0 Å². The summed E-state index contributed by atoms with van der Waals surface area (Å²) < 4.78 is 5.47. The Labute approximate surface area is 141 Å². The minimum atomic E-state index is -0.0547. The number of unbranched alkanes of at least 4 members (excludes halogenated alkanes) is 3. The second kappa shape index (κ2) is 10.4. The fourth-order valence-corrected chi connectivity index (χ4v) is 3.29. The van der Waals surface area contributed by atoms with E-state index in [1.54, 1.807) is 0 Å². The van der Waals surface area contributed by atoms with Crippen LogP contribution in [0, 0.1) is 0 Å². The average molecular weight is 317 g/mol. The number of nitrogens with zero attached hydrogens (tertiary/aromatic N) is 1. The minimum Gasteiger partial charge on any atom is -0.466 e. The van der Waals surface area contributed by atoms with Crippen LogP contribution in [0.15, 0.2) is 30.3 Å². The summed E-state index contributed by atoms with van der Waals surface area (Å²) in [6, 6.07) is 10.6. The monoisotopic (exact) mass is 317 g/mol. The molecule has 0 bridgehead atoms. The number of rotatable bonds is 9. The van der Waals surface area contributed by atoms with Gasteiger partial charge in [-0.1, -0.05) is 62.9 Å². The maximum absolute atomic E-state index is 12.3. The van der Waals surface area contributed by atoms with Gasteiger partial charge in [0.25, 0.3) is 0 Å². The van der Waals surface area contributed by atoms with Gasteiger partial charge in [-0.15, -0.1) is 0 Å². The lowest BCUT2D eigenvalue weighted by molar-refractivity contribution is -0.145. The molecule has 1 saturated heterocycles. The standard InChI is InChI=1S/C20H31NO2/c1-2-3-4-11-16-23-20(22)17-19(18-12-7-5-8-13-18)21-14-9-6-10-15-21/h5,7-8,12-13,19H,2-4,6,9-11,14-17H2,1H3.